The minimum absolute atomic E-state index is 0.0680. The number of rotatable bonds is 4. The molecule has 0 aliphatic heterocycles. The first-order chi connectivity index (χ1) is 6.61. The highest BCUT2D eigenvalue weighted by atomic mass is 32.2. The van der Waals surface area contributed by atoms with Gasteiger partial charge in [0.05, 0.1) is 17.2 Å². The third-order valence-electron chi connectivity index (χ3n) is 1.80. The van der Waals surface area contributed by atoms with Crippen molar-refractivity contribution in [3.63, 3.8) is 0 Å². The third-order valence-corrected chi connectivity index (χ3v) is 3.44. The average Bonchev–Trinajstić information content (AvgIpc) is 2.17. The maximum atomic E-state index is 11.7. The SMILES string of the molecule is CC(CC(=O)O)S(=O)c1ccccc1. The monoisotopic (exact) mass is 212 g/mol. The van der Waals surface area contributed by atoms with Crippen molar-refractivity contribution in [2.75, 3.05) is 0 Å². The molecule has 0 saturated carbocycles. The van der Waals surface area contributed by atoms with Gasteiger partial charge >= 0.3 is 5.97 Å². The fourth-order valence-electron chi connectivity index (χ4n) is 1.11. The van der Waals surface area contributed by atoms with Crippen LogP contribution in [0, 0.1) is 0 Å². The van der Waals surface area contributed by atoms with Gasteiger partial charge in [-0.25, -0.2) is 0 Å². The van der Waals surface area contributed by atoms with Gasteiger partial charge in [-0.1, -0.05) is 18.2 Å². The maximum Gasteiger partial charge on any atom is 0.304 e. The molecule has 14 heavy (non-hydrogen) atoms. The van der Waals surface area contributed by atoms with Gasteiger partial charge in [0.2, 0.25) is 0 Å². The van der Waals surface area contributed by atoms with Gasteiger partial charge in [-0.3, -0.25) is 9.00 Å². The molecule has 2 atom stereocenters. The largest absolute Gasteiger partial charge is 0.481 e. The molecule has 1 N–H and O–H groups in total. The van der Waals surface area contributed by atoms with Gasteiger partial charge in [0.1, 0.15) is 0 Å². The molecule has 76 valence electrons. The Morgan fingerprint density at radius 1 is 1.43 bits per heavy atom. The van der Waals surface area contributed by atoms with Gasteiger partial charge in [0, 0.05) is 10.1 Å². The number of aliphatic carboxylic acids is 1. The van der Waals surface area contributed by atoms with Crippen LogP contribution in [0.4, 0.5) is 0 Å². The van der Waals surface area contributed by atoms with Gasteiger partial charge in [-0.05, 0) is 19.1 Å². The van der Waals surface area contributed by atoms with E-state index in [0.29, 0.717) is 4.90 Å². The fraction of sp³-hybridized carbons (Fsp3) is 0.300. The summed E-state index contributed by atoms with van der Waals surface area (Å²) in [6, 6.07) is 8.91. The van der Waals surface area contributed by atoms with E-state index < -0.39 is 16.8 Å². The lowest BCUT2D eigenvalue weighted by Gasteiger charge is -2.08. The molecular formula is C10H12O3S. The Balaban J connectivity index is 2.71. The Kier molecular flexibility index (Phi) is 3.83. The molecule has 0 fully saturated rings. The normalized spacial score (nSPS) is 14.6. The Bertz CT molecular complexity index is 334. The van der Waals surface area contributed by atoms with E-state index in [1.54, 1.807) is 31.2 Å². The van der Waals surface area contributed by atoms with Gasteiger partial charge in [0.15, 0.2) is 0 Å². The predicted octanol–water partition coefficient (Wildman–Crippen LogP) is 1.66. The highest BCUT2D eigenvalue weighted by Gasteiger charge is 2.15. The fourth-order valence-corrected chi connectivity index (χ4v) is 2.29. The molecule has 0 aliphatic carbocycles. The zero-order chi connectivity index (χ0) is 10.6. The smallest absolute Gasteiger partial charge is 0.304 e. The molecule has 0 radical (unpaired) electrons. The lowest BCUT2D eigenvalue weighted by atomic mass is 10.3. The summed E-state index contributed by atoms with van der Waals surface area (Å²) in [5.41, 5.74) is 0. The summed E-state index contributed by atoms with van der Waals surface area (Å²) >= 11 is 0. The molecule has 0 saturated heterocycles. The van der Waals surface area contributed by atoms with Crippen LogP contribution in [0.2, 0.25) is 0 Å². The molecule has 0 aliphatic rings. The van der Waals surface area contributed by atoms with E-state index >= 15 is 0 Å². The van der Waals surface area contributed by atoms with Crippen molar-refractivity contribution in [2.45, 2.75) is 23.5 Å². The Morgan fingerprint density at radius 3 is 2.50 bits per heavy atom. The van der Waals surface area contributed by atoms with Gasteiger partial charge < -0.3 is 5.11 Å². The summed E-state index contributed by atoms with van der Waals surface area (Å²) in [4.78, 5) is 11.1. The van der Waals surface area contributed by atoms with Crippen molar-refractivity contribution >= 4 is 16.8 Å². The van der Waals surface area contributed by atoms with Crippen molar-refractivity contribution in [1.29, 1.82) is 0 Å². The van der Waals surface area contributed by atoms with Gasteiger partial charge in [-0.2, -0.15) is 0 Å². The standard InChI is InChI=1S/C10H12O3S/c1-8(7-10(11)12)14(13)9-5-3-2-4-6-9/h2-6,8H,7H2,1H3,(H,11,12). The highest BCUT2D eigenvalue weighted by molar-refractivity contribution is 7.85. The minimum atomic E-state index is -1.23. The summed E-state index contributed by atoms with van der Waals surface area (Å²) in [7, 11) is -1.23. The van der Waals surface area contributed by atoms with Crippen LogP contribution in [0.5, 0.6) is 0 Å². The van der Waals surface area contributed by atoms with Crippen LogP contribution in [0.25, 0.3) is 0 Å². The number of hydrogen-bond donors (Lipinski definition) is 1. The Hall–Kier alpha value is -1.16. The zero-order valence-electron chi connectivity index (χ0n) is 7.84. The summed E-state index contributed by atoms with van der Waals surface area (Å²) in [6.45, 7) is 1.68. The molecule has 0 heterocycles. The molecule has 0 spiro atoms. The second kappa shape index (κ2) is 4.91. The van der Waals surface area contributed by atoms with Crippen molar-refractivity contribution in [2.24, 2.45) is 0 Å². The van der Waals surface area contributed by atoms with E-state index in [2.05, 4.69) is 0 Å². The molecule has 1 aromatic rings. The summed E-state index contributed by atoms with van der Waals surface area (Å²) in [5, 5.41) is 8.19. The van der Waals surface area contributed by atoms with Crippen LogP contribution in [0.1, 0.15) is 13.3 Å². The number of carboxylic acid groups (broad SMARTS) is 1. The van der Waals surface area contributed by atoms with E-state index in [9.17, 15) is 9.00 Å². The van der Waals surface area contributed by atoms with Crippen LogP contribution in [-0.2, 0) is 15.6 Å². The minimum Gasteiger partial charge on any atom is -0.481 e. The van der Waals surface area contributed by atoms with Crippen molar-refractivity contribution in [1.82, 2.24) is 0 Å². The Labute approximate surface area is 85.2 Å². The van der Waals surface area contributed by atoms with Crippen LogP contribution >= 0.6 is 0 Å². The van der Waals surface area contributed by atoms with Crippen LogP contribution in [0.15, 0.2) is 35.2 Å². The molecule has 2 unspecified atom stereocenters. The van der Waals surface area contributed by atoms with Crippen LogP contribution in [-0.4, -0.2) is 20.5 Å². The summed E-state index contributed by atoms with van der Waals surface area (Å²) in [6.07, 6.45) is -0.0680. The molecule has 0 amide bonds. The van der Waals surface area contributed by atoms with E-state index in [0.717, 1.165) is 0 Å². The molecule has 0 aromatic heterocycles. The average molecular weight is 212 g/mol. The van der Waals surface area contributed by atoms with Gasteiger partial charge in [0.25, 0.3) is 0 Å². The first kappa shape index (κ1) is 10.9. The summed E-state index contributed by atoms with van der Waals surface area (Å²) < 4.78 is 11.7. The van der Waals surface area contributed by atoms with Crippen LogP contribution < -0.4 is 0 Å². The lowest BCUT2D eigenvalue weighted by molar-refractivity contribution is -0.136. The summed E-state index contributed by atoms with van der Waals surface area (Å²) in [5.74, 6) is -0.915. The predicted molar refractivity (Wildman–Crippen MR) is 54.6 cm³/mol. The molecule has 1 rings (SSSR count). The van der Waals surface area contributed by atoms with E-state index in [4.69, 9.17) is 5.11 Å². The van der Waals surface area contributed by atoms with Crippen molar-refractivity contribution in [3.05, 3.63) is 30.3 Å². The maximum absolute atomic E-state index is 11.7. The number of benzene rings is 1. The zero-order valence-corrected chi connectivity index (χ0v) is 8.66. The van der Waals surface area contributed by atoms with E-state index in [1.165, 1.54) is 0 Å². The molecule has 0 bridgehead atoms. The first-order valence-electron chi connectivity index (χ1n) is 4.28. The molecule has 1 aromatic carbocycles. The number of carboxylic acids is 1. The van der Waals surface area contributed by atoms with Gasteiger partial charge in [-0.15, -0.1) is 0 Å². The number of hydrogen-bond acceptors (Lipinski definition) is 2. The van der Waals surface area contributed by atoms with E-state index in [-0.39, 0.29) is 11.7 Å². The highest BCUT2D eigenvalue weighted by Crippen LogP contribution is 2.12. The topological polar surface area (TPSA) is 54.4 Å². The molecule has 3 nitrogen and oxygen atoms in total. The lowest BCUT2D eigenvalue weighted by Crippen LogP contribution is -2.15. The number of carbonyl (C=O) groups is 1. The van der Waals surface area contributed by atoms with Crippen molar-refractivity contribution in [3.8, 4) is 0 Å². The first-order valence-corrected chi connectivity index (χ1v) is 5.50. The third kappa shape index (κ3) is 2.96. The quantitative estimate of drug-likeness (QED) is 0.825. The van der Waals surface area contributed by atoms with Crippen LogP contribution in [0.3, 0.4) is 0 Å². The van der Waals surface area contributed by atoms with E-state index in [1.807, 2.05) is 6.07 Å². The second-order valence-electron chi connectivity index (χ2n) is 3.02. The molecule has 4 heteroatoms. The second-order valence-corrected chi connectivity index (χ2v) is 4.89. The molecular weight excluding hydrogens is 200 g/mol. The Morgan fingerprint density at radius 2 is 2.00 bits per heavy atom. The van der Waals surface area contributed by atoms with Crippen molar-refractivity contribution < 1.29 is 14.1 Å².